The maximum atomic E-state index is 12.9. The molecule has 0 aliphatic carbocycles. The van der Waals surface area contributed by atoms with Gasteiger partial charge in [-0.1, -0.05) is 39.0 Å². The van der Waals surface area contributed by atoms with E-state index in [9.17, 15) is 9.59 Å². The number of esters is 1. The summed E-state index contributed by atoms with van der Waals surface area (Å²) in [5, 5.41) is 4.67. The number of nitrogens with zero attached hydrogens (tertiary/aromatic N) is 2. The first-order valence-corrected chi connectivity index (χ1v) is 12.9. The third-order valence-electron chi connectivity index (χ3n) is 6.41. The average molecular weight is 509 g/mol. The van der Waals surface area contributed by atoms with Gasteiger partial charge < -0.3 is 24.8 Å². The highest BCUT2D eigenvalue weighted by molar-refractivity contribution is 7.80. The summed E-state index contributed by atoms with van der Waals surface area (Å²) in [5.74, 6) is -0.438. The quantitative estimate of drug-likeness (QED) is 0.284. The van der Waals surface area contributed by atoms with Gasteiger partial charge in [0.15, 0.2) is 5.11 Å². The second-order valence-corrected chi connectivity index (χ2v) is 9.05. The van der Waals surface area contributed by atoms with Crippen molar-refractivity contribution in [1.29, 1.82) is 0 Å². The largest absolute Gasteiger partial charge is 0.465 e. The summed E-state index contributed by atoms with van der Waals surface area (Å²) in [4.78, 5) is 32.5. The molecule has 0 bridgehead atoms. The number of anilines is 1. The molecule has 0 aliphatic rings. The maximum Gasteiger partial charge on any atom is 0.339 e. The summed E-state index contributed by atoms with van der Waals surface area (Å²) in [7, 11) is 1.35. The van der Waals surface area contributed by atoms with Gasteiger partial charge in [-0.2, -0.15) is 0 Å². The highest BCUT2D eigenvalue weighted by atomic mass is 32.1. The fraction of sp³-hybridized carbons (Fsp3) is 0.393. The molecule has 1 aromatic heterocycles. The fourth-order valence-electron chi connectivity index (χ4n) is 4.20. The van der Waals surface area contributed by atoms with Crippen molar-refractivity contribution in [1.82, 2.24) is 14.8 Å². The Balaban J connectivity index is 1.88. The van der Waals surface area contributed by atoms with Crippen molar-refractivity contribution < 1.29 is 9.53 Å². The molecule has 1 heterocycles. The molecule has 8 heteroatoms. The minimum absolute atomic E-state index is 0.127. The summed E-state index contributed by atoms with van der Waals surface area (Å²) < 4.78 is 4.92. The molecule has 0 fully saturated rings. The van der Waals surface area contributed by atoms with Crippen LogP contribution < -0.4 is 10.9 Å². The molecule has 36 heavy (non-hydrogen) atoms. The number of methoxy groups -OCH3 is 1. The minimum Gasteiger partial charge on any atom is -0.465 e. The molecule has 0 spiro atoms. The predicted octanol–water partition coefficient (Wildman–Crippen LogP) is 4.81. The van der Waals surface area contributed by atoms with Crippen LogP contribution in [0.2, 0.25) is 0 Å². The smallest absolute Gasteiger partial charge is 0.339 e. The van der Waals surface area contributed by atoms with Gasteiger partial charge in [0.1, 0.15) is 0 Å². The molecule has 2 N–H and O–H groups in total. The number of nitrogens with one attached hydrogen (secondary N) is 2. The Morgan fingerprint density at radius 3 is 2.50 bits per heavy atom. The average Bonchev–Trinajstić information content (AvgIpc) is 2.90. The van der Waals surface area contributed by atoms with Crippen LogP contribution in [-0.4, -0.2) is 59.2 Å². The van der Waals surface area contributed by atoms with Crippen LogP contribution in [0.25, 0.3) is 10.9 Å². The van der Waals surface area contributed by atoms with Crippen LogP contribution in [0, 0.1) is 0 Å². The molecule has 0 radical (unpaired) electrons. The predicted molar refractivity (Wildman–Crippen MR) is 151 cm³/mol. The standard InChI is InChI=1S/C28H36N4O3S/c1-5-20-13-14-24-21(17-20)18-22(26(33)29-24)19-32(16-10-15-31(6-2)7-3)28(36)30-25-12-9-8-11-23(25)27(34)35-4/h8-9,11-14,17-18H,5-7,10,15-16,19H2,1-4H3,(H,29,33)(H,30,36). The number of rotatable bonds is 11. The van der Waals surface area contributed by atoms with Crippen molar-refractivity contribution in [2.45, 2.75) is 40.2 Å². The highest BCUT2D eigenvalue weighted by Gasteiger charge is 2.17. The van der Waals surface area contributed by atoms with E-state index in [0.717, 1.165) is 43.4 Å². The van der Waals surface area contributed by atoms with Crippen molar-refractivity contribution in [2.75, 3.05) is 38.6 Å². The number of ether oxygens (including phenoxy) is 1. The van der Waals surface area contributed by atoms with E-state index in [2.05, 4.69) is 42.0 Å². The Bertz CT molecular complexity index is 1250. The van der Waals surface area contributed by atoms with Gasteiger partial charge in [-0.05, 0) is 86.0 Å². The van der Waals surface area contributed by atoms with Crippen molar-refractivity contribution in [2.24, 2.45) is 0 Å². The zero-order chi connectivity index (χ0) is 26.1. The molecule has 192 valence electrons. The van der Waals surface area contributed by atoms with Crippen molar-refractivity contribution in [3.63, 3.8) is 0 Å². The van der Waals surface area contributed by atoms with Gasteiger partial charge in [0.05, 0.1) is 24.9 Å². The van der Waals surface area contributed by atoms with Crippen molar-refractivity contribution in [3.05, 3.63) is 75.6 Å². The first-order chi connectivity index (χ1) is 17.4. The molecule has 0 saturated carbocycles. The number of hydrogen-bond donors (Lipinski definition) is 2. The minimum atomic E-state index is -0.438. The summed E-state index contributed by atoms with van der Waals surface area (Å²) >= 11 is 5.79. The summed E-state index contributed by atoms with van der Waals surface area (Å²) in [5.41, 5.74) is 3.53. The lowest BCUT2D eigenvalue weighted by Crippen LogP contribution is -2.38. The highest BCUT2D eigenvalue weighted by Crippen LogP contribution is 2.19. The molecule has 3 rings (SSSR count). The Labute approximate surface area is 218 Å². The Hall–Kier alpha value is -3.23. The van der Waals surface area contributed by atoms with Gasteiger partial charge in [0.25, 0.3) is 5.56 Å². The number of aryl methyl sites for hydroxylation is 1. The second-order valence-electron chi connectivity index (χ2n) is 8.67. The number of fused-ring (bicyclic) bond motifs is 1. The van der Waals surface area contributed by atoms with E-state index in [1.165, 1.54) is 12.7 Å². The van der Waals surface area contributed by atoms with Crippen LogP contribution in [0.15, 0.2) is 53.3 Å². The zero-order valence-electron chi connectivity index (χ0n) is 21.6. The van der Waals surface area contributed by atoms with E-state index in [1.807, 2.05) is 29.2 Å². The Morgan fingerprint density at radius 2 is 1.81 bits per heavy atom. The van der Waals surface area contributed by atoms with E-state index >= 15 is 0 Å². The maximum absolute atomic E-state index is 12.9. The number of thiocarbonyl (C=S) groups is 1. The number of aromatic nitrogens is 1. The van der Waals surface area contributed by atoms with E-state index in [1.54, 1.807) is 18.2 Å². The first kappa shape index (κ1) is 27.4. The third kappa shape index (κ3) is 6.92. The summed E-state index contributed by atoms with van der Waals surface area (Å²) in [6.45, 7) is 10.3. The van der Waals surface area contributed by atoms with Gasteiger partial charge in [0.2, 0.25) is 0 Å². The van der Waals surface area contributed by atoms with Gasteiger partial charge in [-0.15, -0.1) is 0 Å². The summed E-state index contributed by atoms with van der Waals surface area (Å²) in [6, 6.07) is 15.2. The number of H-pyrrole nitrogens is 1. The lowest BCUT2D eigenvalue weighted by molar-refractivity contribution is 0.0602. The molecule has 0 unspecified atom stereocenters. The number of benzene rings is 2. The number of pyridine rings is 1. The molecular formula is C28H36N4O3S. The van der Waals surface area contributed by atoms with E-state index in [4.69, 9.17) is 17.0 Å². The molecule has 0 aliphatic heterocycles. The third-order valence-corrected chi connectivity index (χ3v) is 6.77. The first-order valence-electron chi connectivity index (χ1n) is 12.5. The molecule has 0 saturated heterocycles. The van der Waals surface area contributed by atoms with Gasteiger partial charge >= 0.3 is 5.97 Å². The Kier molecular flexibility index (Phi) is 10.0. The number of carbonyl (C=O) groups excluding carboxylic acids is 1. The van der Waals surface area contributed by atoms with Gasteiger partial charge in [0, 0.05) is 17.6 Å². The van der Waals surface area contributed by atoms with Crippen LogP contribution in [-0.2, 0) is 17.7 Å². The van der Waals surface area contributed by atoms with E-state index in [0.29, 0.717) is 35.0 Å². The van der Waals surface area contributed by atoms with Crippen molar-refractivity contribution >= 4 is 39.9 Å². The molecule has 3 aromatic rings. The number of carbonyl (C=O) groups is 1. The molecule has 0 atom stereocenters. The van der Waals surface area contributed by atoms with Gasteiger partial charge in [-0.3, -0.25) is 4.79 Å². The molecule has 2 aromatic carbocycles. The van der Waals surface area contributed by atoms with Gasteiger partial charge in [-0.25, -0.2) is 4.79 Å². The number of aromatic amines is 1. The Morgan fingerprint density at radius 1 is 1.06 bits per heavy atom. The van der Waals surface area contributed by atoms with Crippen LogP contribution in [0.1, 0.15) is 48.7 Å². The van der Waals surface area contributed by atoms with Crippen molar-refractivity contribution in [3.8, 4) is 0 Å². The molecule has 7 nitrogen and oxygen atoms in total. The molecular weight excluding hydrogens is 472 g/mol. The lowest BCUT2D eigenvalue weighted by Gasteiger charge is -2.28. The second kappa shape index (κ2) is 13.2. The fourth-order valence-corrected chi connectivity index (χ4v) is 4.46. The SMILES string of the molecule is CCc1ccc2[nH]c(=O)c(CN(CCCN(CC)CC)C(=S)Nc3ccccc3C(=O)OC)cc2c1. The lowest BCUT2D eigenvalue weighted by atomic mass is 10.1. The van der Waals surface area contributed by atoms with Crippen LogP contribution >= 0.6 is 12.2 Å². The summed E-state index contributed by atoms with van der Waals surface area (Å²) in [6.07, 6.45) is 1.81. The van der Waals surface area contributed by atoms with E-state index in [-0.39, 0.29) is 5.56 Å². The number of hydrogen-bond acceptors (Lipinski definition) is 5. The van der Waals surface area contributed by atoms with Crippen LogP contribution in [0.4, 0.5) is 5.69 Å². The molecule has 0 amide bonds. The zero-order valence-corrected chi connectivity index (χ0v) is 22.4. The number of para-hydroxylation sites is 1. The monoisotopic (exact) mass is 508 g/mol. The normalized spacial score (nSPS) is 11.0. The van der Waals surface area contributed by atoms with E-state index < -0.39 is 5.97 Å². The topological polar surface area (TPSA) is 77.7 Å². The van der Waals surface area contributed by atoms with Crippen LogP contribution in [0.3, 0.4) is 0 Å². The van der Waals surface area contributed by atoms with Crippen LogP contribution in [0.5, 0.6) is 0 Å².